The Morgan fingerprint density at radius 3 is 2.40 bits per heavy atom. The molecule has 1 aliphatic rings. The standard InChI is InChI=1S/C6H11BrO3/c7-1-6-9-3-5(2-8)4-10-6/h5-6,8H,1-4H2. The molecule has 1 N–H and O–H groups in total. The normalized spacial score (nSPS) is 34.2. The van der Waals surface area contributed by atoms with Gasteiger partial charge < -0.3 is 14.6 Å². The summed E-state index contributed by atoms with van der Waals surface area (Å²) in [7, 11) is 0. The van der Waals surface area contributed by atoms with Gasteiger partial charge in [0.05, 0.1) is 25.2 Å². The van der Waals surface area contributed by atoms with Gasteiger partial charge in [0.25, 0.3) is 0 Å². The summed E-state index contributed by atoms with van der Waals surface area (Å²) in [5.41, 5.74) is 0. The zero-order valence-corrected chi connectivity index (χ0v) is 7.21. The molecule has 0 amide bonds. The minimum atomic E-state index is -0.122. The van der Waals surface area contributed by atoms with Gasteiger partial charge in [0.2, 0.25) is 0 Å². The van der Waals surface area contributed by atoms with Gasteiger partial charge in [-0.3, -0.25) is 0 Å². The molecule has 0 atom stereocenters. The topological polar surface area (TPSA) is 38.7 Å². The second-order valence-electron chi connectivity index (χ2n) is 2.30. The van der Waals surface area contributed by atoms with Gasteiger partial charge in [-0.15, -0.1) is 0 Å². The summed E-state index contributed by atoms with van der Waals surface area (Å²) in [5.74, 6) is 0.162. The first-order valence-corrected chi connectivity index (χ1v) is 4.39. The van der Waals surface area contributed by atoms with Crippen molar-refractivity contribution in [3.8, 4) is 0 Å². The van der Waals surface area contributed by atoms with Crippen LogP contribution in [0, 0.1) is 5.92 Å². The van der Waals surface area contributed by atoms with Crippen LogP contribution >= 0.6 is 15.9 Å². The Bertz CT molecular complexity index is 79.0. The summed E-state index contributed by atoms with van der Waals surface area (Å²) in [5, 5.41) is 9.38. The van der Waals surface area contributed by atoms with Gasteiger partial charge in [-0.05, 0) is 0 Å². The highest BCUT2D eigenvalue weighted by Gasteiger charge is 2.19. The van der Waals surface area contributed by atoms with E-state index in [1.807, 2.05) is 0 Å². The molecule has 1 fully saturated rings. The lowest BCUT2D eigenvalue weighted by molar-refractivity contribution is -0.192. The Labute approximate surface area is 68.4 Å². The van der Waals surface area contributed by atoms with Gasteiger partial charge >= 0.3 is 0 Å². The van der Waals surface area contributed by atoms with Crippen molar-refractivity contribution in [1.29, 1.82) is 0 Å². The minimum absolute atomic E-state index is 0.122. The van der Waals surface area contributed by atoms with Crippen molar-refractivity contribution in [3.05, 3.63) is 0 Å². The summed E-state index contributed by atoms with van der Waals surface area (Å²) >= 11 is 3.24. The van der Waals surface area contributed by atoms with Crippen LogP contribution in [0.15, 0.2) is 0 Å². The number of halogens is 1. The highest BCUT2D eigenvalue weighted by Crippen LogP contribution is 2.11. The molecule has 0 radical (unpaired) electrons. The van der Waals surface area contributed by atoms with E-state index in [2.05, 4.69) is 15.9 Å². The molecule has 1 saturated heterocycles. The molecule has 0 aromatic heterocycles. The first-order valence-electron chi connectivity index (χ1n) is 3.27. The smallest absolute Gasteiger partial charge is 0.167 e. The Balaban J connectivity index is 2.17. The van der Waals surface area contributed by atoms with E-state index in [0.717, 1.165) is 0 Å². The molecule has 4 heteroatoms. The SMILES string of the molecule is OCC1COC(CBr)OC1. The number of hydrogen-bond donors (Lipinski definition) is 1. The summed E-state index contributed by atoms with van der Waals surface area (Å²) in [4.78, 5) is 0. The Hall–Kier alpha value is 0.360. The van der Waals surface area contributed by atoms with Crippen LogP contribution in [-0.4, -0.2) is 36.5 Å². The zero-order chi connectivity index (χ0) is 7.40. The predicted octanol–water partition coefficient (Wildman–Crippen LogP) is 0.363. The fraction of sp³-hybridized carbons (Fsp3) is 1.00. The van der Waals surface area contributed by atoms with Crippen molar-refractivity contribution in [1.82, 2.24) is 0 Å². The van der Waals surface area contributed by atoms with Gasteiger partial charge in [0.1, 0.15) is 0 Å². The van der Waals surface area contributed by atoms with Crippen LogP contribution in [0.25, 0.3) is 0 Å². The molecule has 0 unspecified atom stereocenters. The lowest BCUT2D eigenvalue weighted by Crippen LogP contribution is -2.34. The fourth-order valence-electron chi connectivity index (χ4n) is 0.778. The number of aliphatic hydroxyl groups is 1. The minimum Gasteiger partial charge on any atom is -0.396 e. The molecular weight excluding hydrogens is 200 g/mol. The van der Waals surface area contributed by atoms with Crippen molar-refractivity contribution in [2.24, 2.45) is 5.92 Å². The molecule has 1 aliphatic heterocycles. The highest BCUT2D eigenvalue weighted by atomic mass is 79.9. The predicted molar refractivity (Wildman–Crippen MR) is 40.1 cm³/mol. The van der Waals surface area contributed by atoms with Gasteiger partial charge in [0, 0.05) is 5.92 Å². The molecule has 3 nitrogen and oxygen atoms in total. The van der Waals surface area contributed by atoms with E-state index in [-0.39, 0.29) is 18.8 Å². The lowest BCUT2D eigenvalue weighted by Gasteiger charge is -2.26. The summed E-state index contributed by atoms with van der Waals surface area (Å²) < 4.78 is 10.4. The first-order chi connectivity index (χ1) is 4.86. The van der Waals surface area contributed by atoms with Crippen LogP contribution in [0.5, 0.6) is 0 Å². The monoisotopic (exact) mass is 210 g/mol. The maximum atomic E-state index is 8.68. The van der Waals surface area contributed by atoms with E-state index in [9.17, 15) is 0 Å². The van der Waals surface area contributed by atoms with E-state index in [1.54, 1.807) is 0 Å². The number of alkyl halides is 1. The summed E-state index contributed by atoms with van der Waals surface area (Å²) in [6.45, 7) is 1.36. The van der Waals surface area contributed by atoms with E-state index in [1.165, 1.54) is 0 Å². The third kappa shape index (κ3) is 2.20. The Morgan fingerprint density at radius 2 is 2.00 bits per heavy atom. The molecule has 0 aliphatic carbocycles. The van der Waals surface area contributed by atoms with Crippen molar-refractivity contribution in [2.75, 3.05) is 25.2 Å². The van der Waals surface area contributed by atoms with Gasteiger partial charge in [0.15, 0.2) is 6.29 Å². The van der Waals surface area contributed by atoms with Crippen molar-refractivity contribution >= 4 is 15.9 Å². The molecule has 1 rings (SSSR count). The molecule has 10 heavy (non-hydrogen) atoms. The summed E-state index contributed by atoms with van der Waals surface area (Å²) in [6.07, 6.45) is -0.122. The number of ether oxygens (including phenoxy) is 2. The molecule has 0 saturated carbocycles. The van der Waals surface area contributed by atoms with E-state index in [4.69, 9.17) is 14.6 Å². The lowest BCUT2D eigenvalue weighted by atomic mass is 10.2. The highest BCUT2D eigenvalue weighted by molar-refractivity contribution is 9.09. The number of aliphatic hydroxyl groups excluding tert-OH is 1. The van der Waals surface area contributed by atoms with Gasteiger partial charge in [-0.25, -0.2) is 0 Å². The van der Waals surface area contributed by atoms with Crippen LogP contribution in [0.2, 0.25) is 0 Å². The largest absolute Gasteiger partial charge is 0.396 e. The number of hydrogen-bond acceptors (Lipinski definition) is 3. The third-order valence-corrected chi connectivity index (χ3v) is 1.95. The second kappa shape index (κ2) is 4.28. The fourth-order valence-corrected chi connectivity index (χ4v) is 1.15. The average Bonchev–Trinajstić information content (AvgIpc) is 2.05. The van der Waals surface area contributed by atoms with Gasteiger partial charge in [-0.1, -0.05) is 15.9 Å². The first kappa shape index (κ1) is 8.46. The van der Waals surface area contributed by atoms with E-state index in [0.29, 0.717) is 18.5 Å². The van der Waals surface area contributed by atoms with Gasteiger partial charge in [-0.2, -0.15) is 0 Å². The molecule has 0 aromatic rings. The van der Waals surface area contributed by atoms with Crippen LogP contribution in [0.1, 0.15) is 0 Å². The zero-order valence-electron chi connectivity index (χ0n) is 5.62. The quantitative estimate of drug-likeness (QED) is 0.670. The van der Waals surface area contributed by atoms with Crippen LogP contribution in [0.4, 0.5) is 0 Å². The van der Waals surface area contributed by atoms with Crippen molar-refractivity contribution < 1.29 is 14.6 Å². The van der Waals surface area contributed by atoms with Crippen molar-refractivity contribution in [2.45, 2.75) is 6.29 Å². The molecular formula is C6H11BrO3. The molecule has 60 valence electrons. The second-order valence-corrected chi connectivity index (χ2v) is 2.95. The Morgan fingerprint density at radius 1 is 1.40 bits per heavy atom. The molecule has 0 aromatic carbocycles. The maximum absolute atomic E-state index is 8.68. The summed E-state index contributed by atoms with van der Waals surface area (Å²) in [6, 6.07) is 0. The molecule has 0 bridgehead atoms. The maximum Gasteiger partial charge on any atom is 0.167 e. The average molecular weight is 211 g/mol. The van der Waals surface area contributed by atoms with Crippen molar-refractivity contribution in [3.63, 3.8) is 0 Å². The molecule has 0 spiro atoms. The molecule has 1 heterocycles. The van der Waals surface area contributed by atoms with Crippen LogP contribution < -0.4 is 0 Å². The van der Waals surface area contributed by atoms with E-state index >= 15 is 0 Å². The Kier molecular flexibility index (Phi) is 3.62. The van der Waals surface area contributed by atoms with Crippen LogP contribution in [-0.2, 0) is 9.47 Å². The number of rotatable bonds is 2. The van der Waals surface area contributed by atoms with Crippen LogP contribution in [0.3, 0.4) is 0 Å². The third-order valence-electron chi connectivity index (χ3n) is 1.42. The van der Waals surface area contributed by atoms with E-state index < -0.39 is 0 Å².